The van der Waals surface area contributed by atoms with E-state index in [0.717, 1.165) is 76.7 Å². The lowest BCUT2D eigenvalue weighted by Gasteiger charge is -2.26. The van der Waals surface area contributed by atoms with Crippen LogP contribution in [0.3, 0.4) is 0 Å². The number of para-hydroxylation sites is 3. The molecule has 0 spiro atoms. The molecule has 0 radical (unpaired) electrons. The fraction of sp³-hybridized carbons (Fsp3) is 0. The lowest BCUT2D eigenvalue weighted by molar-refractivity contribution is 1.08. The van der Waals surface area contributed by atoms with E-state index in [4.69, 9.17) is 4.85 Å². The van der Waals surface area contributed by atoms with E-state index in [0.29, 0.717) is 28.2 Å². The van der Waals surface area contributed by atoms with Crippen LogP contribution in [-0.4, -0.2) is 18.7 Å². The SMILES string of the molecule is [C-]#[N+]c1c(-n2c3ccccc3c3c4sc5ccccc5c4ccc32)c(C#N)c(-c2ccncc2)c(-n2c3ccccc3c3c4sc5ccccc5c4ccc32)c1-n1c2ccccc2c2c3sc4ccccc4c3ccc21. The summed E-state index contributed by atoms with van der Waals surface area (Å²) in [5.74, 6) is 0. The van der Waals surface area contributed by atoms with Crippen molar-refractivity contribution in [2.45, 2.75) is 0 Å². The molecule has 0 aliphatic carbocycles. The first kappa shape index (κ1) is 41.8. The molecule has 0 fully saturated rings. The number of nitriles is 1. The molecule has 17 aromatic rings. The maximum absolute atomic E-state index is 12.3. The second-order valence-corrected chi connectivity index (χ2v) is 22.6. The van der Waals surface area contributed by atoms with Crippen molar-refractivity contribution in [1.82, 2.24) is 18.7 Å². The third-order valence-corrected chi connectivity index (χ3v) is 19.4. The molecule has 0 bridgehead atoms. The van der Waals surface area contributed by atoms with Crippen LogP contribution >= 0.6 is 34.0 Å². The van der Waals surface area contributed by atoms with E-state index in [9.17, 15) is 11.8 Å². The zero-order valence-electron chi connectivity index (χ0n) is 40.0. The van der Waals surface area contributed by atoms with Crippen LogP contribution < -0.4 is 0 Å². The van der Waals surface area contributed by atoms with E-state index >= 15 is 0 Å². The van der Waals surface area contributed by atoms with Crippen LogP contribution in [0.15, 0.2) is 207 Å². The second-order valence-electron chi connectivity index (χ2n) is 19.5. The van der Waals surface area contributed by atoms with E-state index in [1.807, 2.05) is 47.2 Å². The monoisotopic (exact) mass is 1020 g/mol. The minimum absolute atomic E-state index is 0.372. The molecular formula is C67H34N6S3. The molecule has 0 amide bonds. The highest BCUT2D eigenvalue weighted by atomic mass is 32.1. The Labute approximate surface area is 444 Å². The smallest absolute Gasteiger partial charge is 0.237 e. The Morgan fingerprint density at radius 1 is 0.382 bits per heavy atom. The van der Waals surface area contributed by atoms with Crippen molar-refractivity contribution in [2.75, 3.05) is 0 Å². The first-order chi connectivity index (χ1) is 37.7. The molecule has 7 heterocycles. The fourth-order valence-corrected chi connectivity index (χ4v) is 16.6. The van der Waals surface area contributed by atoms with Crippen molar-refractivity contribution in [3.05, 3.63) is 223 Å². The number of benzene rings is 10. The molecular weight excluding hydrogens is 985 g/mol. The third kappa shape index (κ3) is 5.38. The highest BCUT2D eigenvalue weighted by Crippen LogP contribution is 2.55. The predicted octanol–water partition coefficient (Wildman–Crippen LogP) is 19.6. The molecule has 0 unspecified atom stereocenters. The average Bonchev–Trinajstić information content (AvgIpc) is 4.45. The first-order valence-electron chi connectivity index (χ1n) is 25.1. The molecule has 76 heavy (non-hydrogen) atoms. The quantitative estimate of drug-likeness (QED) is 0.165. The summed E-state index contributed by atoms with van der Waals surface area (Å²) in [7, 11) is 0. The Morgan fingerprint density at radius 2 is 0.750 bits per heavy atom. The first-order valence-corrected chi connectivity index (χ1v) is 27.6. The molecule has 10 aromatic carbocycles. The second kappa shape index (κ2) is 15.5. The lowest BCUT2D eigenvalue weighted by atomic mass is 9.93. The molecule has 0 aliphatic heterocycles. The van der Waals surface area contributed by atoms with Crippen molar-refractivity contribution in [3.8, 4) is 34.3 Å². The molecule has 0 aliphatic rings. The zero-order valence-corrected chi connectivity index (χ0v) is 42.5. The van der Waals surface area contributed by atoms with Gasteiger partial charge in [-0.05, 0) is 72.3 Å². The van der Waals surface area contributed by atoms with Gasteiger partial charge in [0, 0.05) is 111 Å². The molecule has 350 valence electrons. The Bertz CT molecular complexity index is 5510. The van der Waals surface area contributed by atoms with Crippen LogP contribution in [0, 0.1) is 17.9 Å². The van der Waals surface area contributed by atoms with Gasteiger partial charge in [-0.15, -0.1) is 34.0 Å². The number of hydrogen-bond donors (Lipinski definition) is 0. The summed E-state index contributed by atoms with van der Waals surface area (Å²) in [5.41, 5.74) is 10.0. The molecule has 0 N–H and O–H groups in total. The minimum atomic E-state index is 0.372. The molecule has 0 atom stereocenters. The number of rotatable bonds is 4. The summed E-state index contributed by atoms with van der Waals surface area (Å²) < 4.78 is 14.2. The molecule has 0 saturated carbocycles. The summed E-state index contributed by atoms with van der Waals surface area (Å²) in [6.07, 6.45) is 3.62. The van der Waals surface area contributed by atoms with E-state index in [1.54, 1.807) is 11.3 Å². The summed E-state index contributed by atoms with van der Waals surface area (Å²) >= 11 is 5.42. The largest absolute Gasteiger partial charge is 0.318 e. The number of fused-ring (bicyclic) bond motifs is 21. The predicted molar refractivity (Wildman–Crippen MR) is 322 cm³/mol. The van der Waals surface area contributed by atoms with E-state index in [-0.39, 0.29) is 0 Å². The summed E-state index contributed by atoms with van der Waals surface area (Å²) in [6, 6.07) is 72.1. The zero-order chi connectivity index (χ0) is 49.9. The van der Waals surface area contributed by atoms with Crippen LogP contribution in [0.25, 0.3) is 159 Å². The number of hydrogen-bond acceptors (Lipinski definition) is 5. The van der Waals surface area contributed by atoms with Crippen LogP contribution in [-0.2, 0) is 0 Å². The van der Waals surface area contributed by atoms with Crippen molar-refractivity contribution in [2.24, 2.45) is 0 Å². The molecule has 9 heteroatoms. The summed E-state index contributed by atoms with van der Waals surface area (Å²) in [6.45, 7) is 9.81. The number of pyridine rings is 1. The number of nitrogens with zero attached hydrogens (tertiary/aromatic N) is 6. The molecule has 7 aromatic heterocycles. The third-order valence-electron chi connectivity index (χ3n) is 15.8. The Balaban J connectivity index is 1.14. The topological polar surface area (TPSA) is 55.8 Å². The Kier molecular flexibility index (Phi) is 8.51. The highest BCUT2D eigenvalue weighted by Gasteiger charge is 2.34. The van der Waals surface area contributed by atoms with Gasteiger partial charge in [-0.1, -0.05) is 127 Å². The van der Waals surface area contributed by atoms with Crippen LogP contribution in [0.1, 0.15) is 5.56 Å². The minimum Gasteiger partial charge on any atom is -0.318 e. The average molecular weight is 1020 g/mol. The van der Waals surface area contributed by atoms with Crippen molar-refractivity contribution >= 4 is 166 Å². The van der Waals surface area contributed by atoms with Gasteiger partial charge in [-0.3, -0.25) is 4.98 Å². The van der Waals surface area contributed by atoms with Gasteiger partial charge in [0.15, 0.2) is 0 Å². The maximum Gasteiger partial charge on any atom is 0.237 e. The van der Waals surface area contributed by atoms with Gasteiger partial charge in [0.05, 0.1) is 62.3 Å². The van der Waals surface area contributed by atoms with Gasteiger partial charge in [0.25, 0.3) is 0 Å². The number of aromatic nitrogens is 4. The van der Waals surface area contributed by atoms with Crippen LogP contribution in [0.2, 0.25) is 0 Å². The maximum atomic E-state index is 12.3. The van der Waals surface area contributed by atoms with Gasteiger partial charge in [0.2, 0.25) is 5.69 Å². The van der Waals surface area contributed by atoms with Crippen LogP contribution in [0.4, 0.5) is 5.69 Å². The van der Waals surface area contributed by atoms with Crippen molar-refractivity contribution in [3.63, 3.8) is 0 Å². The van der Waals surface area contributed by atoms with Crippen molar-refractivity contribution < 1.29 is 0 Å². The van der Waals surface area contributed by atoms with E-state index in [2.05, 4.69) is 207 Å². The molecule has 6 nitrogen and oxygen atoms in total. The number of thiophene rings is 3. The van der Waals surface area contributed by atoms with Gasteiger partial charge >= 0.3 is 0 Å². The summed E-state index contributed by atoms with van der Waals surface area (Å²) in [5, 5.41) is 26.2. The van der Waals surface area contributed by atoms with Gasteiger partial charge in [-0.25, -0.2) is 4.85 Å². The molecule has 0 saturated heterocycles. The van der Waals surface area contributed by atoms with E-state index < -0.39 is 0 Å². The lowest BCUT2D eigenvalue weighted by Crippen LogP contribution is -2.11. The van der Waals surface area contributed by atoms with Crippen LogP contribution in [0.5, 0.6) is 0 Å². The van der Waals surface area contributed by atoms with Gasteiger partial charge in [-0.2, -0.15) is 5.26 Å². The van der Waals surface area contributed by atoms with Gasteiger partial charge in [0.1, 0.15) is 6.07 Å². The molecule has 17 rings (SSSR count). The standard InChI is InChI=1S/C67H34N6S3/c1-69-61-62(71-48-20-8-2-17-44(48)58-51(71)29-26-41-38-14-5-11-23-54(38)74-65(41)58)47(36-68)57(37-32-34-70-35-33-37)63(72-49-21-9-3-18-45(49)59-52(72)30-27-42-39-15-6-12-24-55(39)75-66(42)59)64(61)73-50-22-10-4-19-46(50)60-53(73)31-28-43-40-16-7-13-25-56(40)76-67(43)60/h2-35H. The fourth-order valence-electron chi connectivity index (χ4n) is 12.8. The highest BCUT2D eigenvalue weighted by molar-refractivity contribution is 7.27. The van der Waals surface area contributed by atoms with Gasteiger partial charge < -0.3 is 13.7 Å². The normalized spacial score (nSPS) is 12.2. The van der Waals surface area contributed by atoms with Crippen molar-refractivity contribution in [1.29, 1.82) is 5.26 Å². The Morgan fingerprint density at radius 3 is 1.16 bits per heavy atom. The summed E-state index contributed by atoms with van der Waals surface area (Å²) in [4.78, 5) is 9.36. The Hall–Kier alpha value is -9.61. The van der Waals surface area contributed by atoms with E-state index in [1.165, 1.54) is 60.5 Å².